The van der Waals surface area contributed by atoms with E-state index < -0.39 is 5.60 Å². The predicted molar refractivity (Wildman–Crippen MR) is 76.8 cm³/mol. The predicted octanol–water partition coefficient (Wildman–Crippen LogP) is 2.46. The number of rotatable bonds is 4. The second-order valence-electron chi connectivity index (χ2n) is 4.85. The van der Waals surface area contributed by atoms with Gasteiger partial charge < -0.3 is 19.8 Å². The molecule has 1 atom stereocenters. The largest absolute Gasteiger partial charge is 0.463 e. The minimum Gasteiger partial charge on any atom is -0.463 e. The SMILES string of the molecule is CC(O)(CNC(=O)c1cc2occc2[nH]1)c1ccsc1. The van der Waals surface area contributed by atoms with Crippen LogP contribution in [0.15, 0.2) is 39.6 Å². The van der Waals surface area contributed by atoms with E-state index in [0.717, 1.165) is 11.1 Å². The third kappa shape index (κ3) is 2.35. The molecule has 0 aliphatic rings. The molecular weight excluding hydrogens is 276 g/mol. The summed E-state index contributed by atoms with van der Waals surface area (Å²) in [5, 5.41) is 16.8. The van der Waals surface area contributed by atoms with Gasteiger partial charge in [-0.2, -0.15) is 11.3 Å². The Balaban J connectivity index is 1.69. The van der Waals surface area contributed by atoms with Crippen LogP contribution in [-0.2, 0) is 5.60 Å². The molecule has 0 radical (unpaired) electrons. The zero-order valence-corrected chi connectivity index (χ0v) is 11.7. The highest BCUT2D eigenvalue weighted by Crippen LogP contribution is 2.22. The quantitative estimate of drug-likeness (QED) is 0.690. The first kappa shape index (κ1) is 13.0. The van der Waals surface area contributed by atoms with Crippen LogP contribution in [-0.4, -0.2) is 22.5 Å². The van der Waals surface area contributed by atoms with Crippen LogP contribution in [0.3, 0.4) is 0 Å². The number of hydrogen-bond donors (Lipinski definition) is 3. The van der Waals surface area contributed by atoms with Gasteiger partial charge in [-0.15, -0.1) is 0 Å². The van der Waals surface area contributed by atoms with Gasteiger partial charge >= 0.3 is 0 Å². The van der Waals surface area contributed by atoms with Gasteiger partial charge in [0.1, 0.15) is 11.3 Å². The molecule has 6 heteroatoms. The number of carbonyl (C=O) groups is 1. The van der Waals surface area contributed by atoms with E-state index in [4.69, 9.17) is 4.42 Å². The standard InChI is InChI=1S/C14H14N2O3S/c1-14(18,9-3-5-20-7-9)8-15-13(17)11-6-12-10(16-11)2-4-19-12/h2-7,16,18H,8H2,1H3,(H,15,17). The van der Waals surface area contributed by atoms with Crippen molar-refractivity contribution in [2.45, 2.75) is 12.5 Å². The Bertz CT molecular complexity index is 696. The third-order valence-corrected chi connectivity index (χ3v) is 3.90. The second kappa shape index (κ2) is 4.81. The molecule has 104 valence electrons. The van der Waals surface area contributed by atoms with E-state index in [9.17, 15) is 9.90 Å². The molecule has 3 rings (SSSR count). The summed E-state index contributed by atoms with van der Waals surface area (Å²) < 4.78 is 5.19. The molecule has 1 amide bonds. The van der Waals surface area contributed by atoms with Gasteiger partial charge in [-0.3, -0.25) is 4.79 Å². The van der Waals surface area contributed by atoms with Crippen LogP contribution in [0.25, 0.3) is 11.1 Å². The average molecular weight is 290 g/mol. The summed E-state index contributed by atoms with van der Waals surface area (Å²) in [6.45, 7) is 1.82. The lowest BCUT2D eigenvalue weighted by atomic mass is 9.99. The molecule has 20 heavy (non-hydrogen) atoms. The van der Waals surface area contributed by atoms with Crippen molar-refractivity contribution < 1.29 is 14.3 Å². The van der Waals surface area contributed by atoms with E-state index in [1.807, 2.05) is 16.8 Å². The van der Waals surface area contributed by atoms with Crippen molar-refractivity contribution in [1.29, 1.82) is 0 Å². The summed E-state index contributed by atoms with van der Waals surface area (Å²) in [5.74, 6) is -0.271. The van der Waals surface area contributed by atoms with Gasteiger partial charge in [-0.1, -0.05) is 0 Å². The van der Waals surface area contributed by atoms with Crippen LogP contribution >= 0.6 is 11.3 Å². The fourth-order valence-electron chi connectivity index (χ4n) is 1.99. The van der Waals surface area contributed by atoms with Crippen LogP contribution in [0.4, 0.5) is 0 Å². The summed E-state index contributed by atoms with van der Waals surface area (Å²) in [5.41, 5.74) is 1.55. The van der Waals surface area contributed by atoms with Crippen molar-refractivity contribution in [2.75, 3.05) is 6.54 Å². The first-order valence-corrected chi connectivity index (χ1v) is 7.10. The molecule has 3 N–H and O–H groups in total. The Morgan fingerprint density at radius 1 is 1.55 bits per heavy atom. The fourth-order valence-corrected chi connectivity index (χ4v) is 2.77. The zero-order chi connectivity index (χ0) is 14.2. The highest BCUT2D eigenvalue weighted by atomic mass is 32.1. The topological polar surface area (TPSA) is 78.3 Å². The van der Waals surface area contributed by atoms with Crippen molar-refractivity contribution in [2.24, 2.45) is 0 Å². The molecule has 0 saturated heterocycles. The molecule has 0 aromatic carbocycles. The molecule has 3 aromatic rings. The third-order valence-electron chi connectivity index (χ3n) is 3.22. The normalized spacial score (nSPS) is 14.3. The van der Waals surface area contributed by atoms with Crippen molar-refractivity contribution in [3.05, 3.63) is 46.5 Å². The lowest BCUT2D eigenvalue weighted by Crippen LogP contribution is -2.38. The maximum absolute atomic E-state index is 12.0. The van der Waals surface area contributed by atoms with Crippen LogP contribution in [0.5, 0.6) is 0 Å². The van der Waals surface area contributed by atoms with E-state index in [0.29, 0.717) is 11.3 Å². The molecule has 5 nitrogen and oxygen atoms in total. The Hall–Kier alpha value is -2.05. The van der Waals surface area contributed by atoms with E-state index in [1.54, 1.807) is 25.3 Å². The minimum atomic E-state index is -1.08. The highest BCUT2D eigenvalue weighted by molar-refractivity contribution is 7.08. The molecule has 0 fully saturated rings. The van der Waals surface area contributed by atoms with E-state index >= 15 is 0 Å². The summed E-state index contributed by atoms with van der Waals surface area (Å²) in [6.07, 6.45) is 1.56. The number of H-pyrrole nitrogens is 1. The van der Waals surface area contributed by atoms with Crippen LogP contribution in [0.1, 0.15) is 23.0 Å². The molecular formula is C14H14N2O3S. The Morgan fingerprint density at radius 3 is 3.10 bits per heavy atom. The molecule has 3 heterocycles. The number of aromatic amines is 1. The molecule has 0 aliphatic carbocycles. The van der Waals surface area contributed by atoms with Gasteiger partial charge in [0.25, 0.3) is 5.91 Å². The zero-order valence-electron chi connectivity index (χ0n) is 10.8. The maximum atomic E-state index is 12.0. The Kier molecular flexibility index (Phi) is 3.11. The first-order chi connectivity index (χ1) is 9.56. The minimum absolute atomic E-state index is 0.142. The summed E-state index contributed by atoms with van der Waals surface area (Å²) in [6, 6.07) is 5.25. The molecule has 1 unspecified atom stereocenters. The number of aliphatic hydroxyl groups is 1. The van der Waals surface area contributed by atoms with Crippen LogP contribution in [0.2, 0.25) is 0 Å². The number of thiophene rings is 1. The van der Waals surface area contributed by atoms with Gasteiger partial charge in [0.05, 0.1) is 18.3 Å². The number of nitrogens with one attached hydrogen (secondary N) is 2. The molecule has 3 aromatic heterocycles. The maximum Gasteiger partial charge on any atom is 0.267 e. The van der Waals surface area contributed by atoms with E-state index in [2.05, 4.69) is 10.3 Å². The summed E-state index contributed by atoms with van der Waals surface area (Å²) in [7, 11) is 0. The van der Waals surface area contributed by atoms with Gasteiger partial charge in [-0.25, -0.2) is 0 Å². The smallest absolute Gasteiger partial charge is 0.267 e. The number of hydrogen-bond acceptors (Lipinski definition) is 4. The van der Waals surface area contributed by atoms with E-state index in [1.165, 1.54) is 11.3 Å². The summed E-state index contributed by atoms with van der Waals surface area (Å²) >= 11 is 1.51. The first-order valence-electron chi connectivity index (χ1n) is 6.16. The number of fused-ring (bicyclic) bond motifs is 1. The fraction of sp³-hybridized carbons (Fsp3) is 0.214. The van der Waals surface area contributed by atoms with Crippen molar-refractivity contribution in [1.82, 2.24) is 10.3 Å². The number of furan rings is 1. The number of aromatic nitrogens is 1. The number of amides is 1. The van der Waals surface area contributed by atoms with Crippen molar-refractivity contribution in [3.8, 4) is 0 Å². The van der Waals surface area contributed by atoms with Crippen molar-refractivity contribution >= 4 is 28.3 Å². The Morgan fingerprint density at radius 2 is 2.40 bits per heavy atom. The summed E-state index contributed by atoms with van der Waals surface area (Å²) in [4.78, 5) is 15.0. The van der Waals surface area contributed by atoms with Gasteiger partial charge in [0.15, 0.2) is 5.58 Å². The lowest BCUT2D eigenvalue weighted by Gasteiger charge is -2.22. The monoisotopic (exact) mass is 290 g/mol. The highest BCUT2D eigenvalue weighted by Gasteiger charge is 2.24. The van der Waals surface area contributed by atoms with Crippen LogP contribution in [0, 0.1) is 0 Å². The Labute approximate surface area is 119 Å². The average Bonchev–Trinajstić information content (AvgIpc) is 3.10. The molecule has 0 spiro atoms. The molecule has 0 saturated carbocycles. The second-order valence-corrected chi connectivity index (χ2v) is 5.63. The molecule has 0 bridgehead atoms. The number of carbonyl (C=O) groups excluding carboxylic acids is 1. The van der Waals surface area contributed by atoms with Gasteiger partial charge in [-0.05, 0) is 29.3 Å². The molecule has 0 aliphatic heterocycles. The van der Waals surface area contributed by atoms with Crippen molar-refractivity contribution in [3.63, 3.8) is 0 Å². The lowest BCUT2D eigenvalue weighted by molar-refractivity contribution is 0.0529. The van der Waals surface area contributed by atoms with Crippen LogP contribution < -0.4 is 5.32 Å². The van der Waals surface area contributed by atoms with E-state index in [-0.39, 0.29) is 12.5 Å². The van der Waals surface area contributed by atoms with Gasteiger partial charge in [0.2, 0.25) is 0 Å². The van der Waals surface area contributed by atoms with Gasteiger partial charge in [0, 0.05) is 12.1 Å².